The number of benzene rings is 2. The molecule has 1 aliphatic heterocycles. The van der Waals surface area contributed by atoms with E-state index < -0.39 is 0 Å². The first-order valence-corrected chi connectivity index (χ1v) is 11.9. The molecule has 2 aromatic carbocycles. The van der Waals surface area contributed by atoms with Gasteiger partial charge >= 0.3 is 0 Å². The van der Waals surface area contributed by atoms with E-state index in [1.807, 2.05) is 0 Å². The van der Waals surface area contributed by atoms with Crippen molar-refractivity contribution in [2.45, 2.75) is 25.5 Å². The number of carbonyl (C=O) groups excluding carboxylic acids is 1. The van der Waals surface area contributed by atoms with Crippen molar-refractivity contribution in [1.82, 2.24) is 10.1 Å². The van der Waals surface area contributed by atoms with Crippen molar-refractivity contribution in [3.05, 3.63) is 47.7 Å². The highest BCUT2D eigenvalue weighted by Crippen LogP contribution is 2.41. The molecule has 0 aliphatic carbocycles. The minimum atomic E-state index is -0.190. The van der Waals surface area contributed by atoms with E-state index in [-0.39, 0.29) is 18.6 Å². The molecule has 1 saturated heterocycles. The second-order valence-electron chi connectivity index (χ2n) is 8.52. The molecule has 1 fully saturated rings. The predicted molar refractivity (Wildman–Crippen MR) is 135 cm³/mol. The van der Waals surface area contributed by atoms with Gasteiger partial charge in [-0.3, -0.25) is 4.79 Å². The first-order chi connectivity index (χ1) is 18.0. The first-order valence-electron chi connectivity index (χ1n) is 11.9. The quantitative estimate of drug-likeness (QED) is 0.374. The van der Waals surface area contributed by atoms with Gasteiger partial charge in [-0.05, 0) is 37.1 Å². The molecular weight excluding hydrogens is 480 g/mol. The monoisotopic (exact) mass is 512 g/mol. The lowest BCUT2D eigenvalue weighted by molar-refractivity contribution is 0.0502. The van der Waals surface area contributed by atoms with Crippen LogP contribution < -0.4 is 23.7 Å². The molecule has 10 nitrogen and oxygen atoms in total. The number of hydrogen-bond acceptors (Lipinski definition) is 9. The zero-order valence-electron chi connectivity index (χ0n) is 21.7. The molecule has 37 heavy (non-hydrogen) atoms. The predicted octanol–water partition coefficient (Wildman–Crippen LogP) is 4.21. The van der Waals surface area contributed by atoms with Gasteiger partial charge in [0.05, 0.1) is 48.2 Å². The van der Waals surface area contributed by atoms with Gasteiger partial charge in [-0.1, -0.05) is 5.16 Å². The Labute approximate surface area is 215 Å². The van der Waals surface area contributed by atoms with Gasteiger partial charge in [0, 0.05) is 36.4 Å². The molecule has 0 bridgehead atoms. The van der Waals surface area contributed by atoms with E-state index in [1.165, 1.54) is 0 Å². The Balaban J connectivity index is 1.62. The van der Waals surface area contributed by atoms with Crippen LogP contribution >= 0.6 is 0 Å². The molecule has 0 N–H and O–H groups in total. The van der Waals surface area contributed by atoms with Crippen molar-refractivity contribution in [2.24, 2.45) is 0 Å². The number of ether oxygens (including phenoxy) is 6. The second kappa shape index (κ2) is 11.9. The molecule has 10 heteroatoms. The summed E-state index contributed by atoms with van der Waals surface area (Å²) in [5.74, 6) is 2.85. The zero-order valence-corrected chi connectivity index (χ0v) is 21.7. The van der Waals surface area contributed by atoms with Gasteiger partial charge in [-0.2, -0.15) is 0 Å². The van der Waals surface area contributed by atoms with E-state index in [0.29, 0.717) is 64.5 Å². The molecule has 2 heterocycles. The number of carbonyl (C=O) groups is 1. The van der Waals surface area contributed by atoms with Crippen LogP contribution in [-0.4, -0.2) is 70.8 Å². The van der Waals surface area contributed by atoms with Gasteiger partial charge < -0.3 is 37.8 Å². The largest absolute Gasteiger partial charge is 0.497 e. The summed E-state index contributed by atoms with van der Waals surface area (Å²) in [4.78, 5) is 15.4. The van der Waals surface area contributed by atoms with Crippen molar-refractivity contribution in [3.8, 4) is 40.1 Å². The Kier molecular flexibility index (Phi) is 8.39. The Morgan fingerprint density at radius 2 is 1.59 bits per heavy atom. The molecule has 1 amide bonds. The Morgan fingerprint density at radius 1 is 0.919 bits per heavy atom. The first kappa shape index (κ1) is 26.2. The van der Waals surface area contributed by atoms with Crippen LogP contribution in [0.25, 0.3) is 11.3 Å². The average molecular weight is 513 g/mol. The lowest BCUT2D eigenvalue weighted by Crippen LogP contribution is -2.37. The lowest BCUT2D eigenvalue weighted by atomic mass is 10.1. The fourth-order valence-corrected chi connectivity index (χ4v) is 4.31. The zero-order chi connectivity index (χ0) is 26.4. The highest BCUT2D eigenvalue weighted by atomic mass is 16.5. The third kappa shape index (κ3) is 5.91. The SMILES string of the molecule is COc1cc(OC)cc(C(=O)N(Cc2cc(-c3cc(OC)c(OC)c(OC)c3)on2)CC2CCCO2)c1. The van der Waals surface area contributed by atoms with Crippen molar-refractivity contribution < 1.29 is 37.7 Å². The van der Waals surface area contributed by atoms with E-state index >= 15 is 0 Å². The van der Waals surface area contributed by atoms with Crippen LogP contribution in [0.1, 0.15) is 28.9 Å². The van der Waals surface area contributed by atoms with Crippen LogP contribution in [0.5, 0.6) is 28.7 Å². The molecule has 198 valence electrons. The van der Waals surface area contributed by atoms with Crippen molar-refractivity contribution >= 4 is 5.91 Å². The number of aromatic nitrogens is 1. The highest BCUT2D eigenvalue weighted by molar-refractivity contribution is 5.95. The molecular formula is C27H32N2O8. The molecule has 0 spiro atoms. The maximum atomic E-state index is 13.6. The summed E-state index contributed by atoms with van der Waals surface area (Å²) in [5.41, 5.74) is 1.73. The van der Waals surface area contributed by atoms with Gasteiger partial charge in [-0.15, -0.1) is 0 Å². The molecule has 1 aliphatic rings. The summed E-state index contributed by atoms with van der Waals surface area (Å²) < 4.78 is 38.5. The van der Waals surface area contributed by atoms with Crippen LogP contribution in [0.4, 0.5) is 0 Å². The number of amides is 1. The Morgan fingerprint density at radius 3 is 2.14 bits per heavy atom. The van der Waals surface area contributed by atoms with E-state index in [9.17, 15) is 4.79 Å². The van der Waals surface area contributed by atoms with E-state index in [1.54, 1.807) is 76.8 Å². The minimum absolute atomic E-state index is 0.0436. The number of methoxy groups -OCH3 is 5. The van der Waals surface area contributed by atoms with Gasteiger partial charge in [0.15, 0.2) is 17.3 Å². The van der Waals surface area contributed by atoms with Crippen LogP contribution in [0, 0.1) is 0 Å². The molecule has 4 rings (SSSR count). The summed E-state index contributed by atoms with van der Waals surface area (Å²) in [5, 5.41) is 4.23. The topological polar surface area (TPSA) is 102 Å². The van der Waals surface area contributed by atoms with Crippen molar-refractivity contribution in [2.75, 3.05) is 48.7 Å². The van der Waals surface area contributed by atoms with Crippen LogP contribution in [0.15, 0.2) is 40.9 Å². The average Bonchev–Trinajstić information content (AvgIpc) is 3.63. The smallest absolute Gasteiger partial charge is 0.254 e. The molecule has 1 aromatic heterocycles. The third-order valence-corrected chi connectivity index (χ3v) is 6.19. The Hall–Kier alpha value is -3.92. The van der Waals surface area contributed by atoms with Gasteiger partial charge in [0.25, 0.3) is 5.91 Å². The fourth-order valence-electron chi connectivity index (χ4n) is 4.31. The fraction of sp³-hybridized carbons (Fsp3) is 0.407. The standard InChI is InChI=1S/C27H32N2O8/c1-31-21-9-18(10-22(14-21)32-2)27(30)29(16-20-7-6-8-36-20)15-19-13-23(37-28-19)17-11-24(33-3)26(35-5)25(12-17)34-4/h9-14,20H,6-8,15-16H2,1-5H3. The summed E-state index contributed by atoms with van der Waals surface area (Å²) >= 11 is 0. The van der Waals surface area contributed by atoms with Crippen LogP contribution in [0.2, 0.25) is 0 Å². The van der Waals surface area contributed by atoms with Crippen LogP contribution in [-0.2, 0) is 11.3 Å². The van der Waals surface area contributed by atoms with Gasteiger partial charge in [0.1, 0.15) is 17.2 Å². The third-order valence-electron chi connectivity index (χ3n) is 6.19. The summed E-state index contributed by atoms with van der Waals surface area (Å²) in [6, 6.07) is 10.5. The highest BCUT2D eigenvalue weighted by Gasteiger charge is 2.26. The summed E-state index contributed by atoms with van der Waals surface area (Å²) in [6.45, 7) is 1.34. The van der Waals surface area contributed by atoms with E-state index in [2.05, 4.69) is 5.16 Å². The van der Waals surface area contributed by atoms with E-state index in [0.717, 1.165) is 12.8 Å². The number of rotatable bonds is 11. The van der Waals surface area contributed by atoms with Crippen molar-refractivity contribution in [1.29, 1.82) is 0 Å². The minimum Gasteiger partial charge on any atom is -0.497 e. The lowest BCUT2D eigenvalue weighted by Gasteiger charge is -2.25. The maximum absolute atomic E-state index is 13.6. The maximum Gasteiger partial charge on any atom is 0.254 e. The molecule has 1 unspecified atom stereocenters. The molecule has 0 radical (unpaired) electrons. The number of nitrogens with zero attached hydrogens (tertiary/aromatic N) is 2. The molecule has 1 atom stereocenters. The summed E-state index contributed by atoms with van der Waals surface area (Å²) in [7, 11) is 7.74. The molecule has 3 aromatic rings. The van der Waals surface area contributed by atoms with Gasteiger partial charge in [-0.25, -0.2) is 0 Å². The number of hydrogen-bond donors (Lipinski definition) is 0. The van der Waals surface area contributed by atoms with Gasteiger partial charge in [0.2, 0.25) is 5.75 Å². The Bertz CT molecular complexity index is 1170. The normalized spacial score (nSPS) is 14.8. The van der Waals surface area contributed by atoms with Crippen molar-refractivity contribution in [3.63, 3.8) is 0 Å². The molecule has 0 saturated carbocycles. The van der Waals surface area contributed by atoms with E-state index in [4.69, 9.17) is 32.9 Å². The van der Waals surface area contributed by atoms with Crippen LogP contribution in [0.3, 0.4) is 0 Å². The summed E-state index contributed by atoms with van der Waals surface area (Å²) in [6.07, 6.45) is 1.81. The second-order valence-corrected chi connectivity index (χ2v) is 8.52.